The molecule has 6 nitrogen and oxygen atoms in total. The molecule has 1 atom stereocenters. The van der Waals surface area contributed by atoms with Crippen LogP contribution in [0.4, 0.5) is 0 Å². The highest BCUT2D eigenvalue weighted by molar-refractivity contribution is 7.89. The lowest BCUT2D eigenvalue weighted by Gasteiger charge is -2.32. The van der Waals surface area contributed by atoms with Gasteiger partial charge in [-0.2, -0.15) is 9.57 Å². The molecule has 0 N–H and O–H groups in total. The summed E-state index contributed by atoms with van der Waals surface area (Å²) in [7, 11) is -3.65. The van der Waals surface area contributed by atoms with Crippen LogP contribution in [0.3, 0.4) is 0 Å². The number of sulfonamides is 1. The van der Waals surface area contributed by atoms with Crippen LogP contribution in [0.15, 0.2) is 53.4 Å². The molecule has 7 heteroatoms. The first-order valence-electron chi connectivity index (χ1n) is 9.20. The lowest BCUT2D eigenvalue weighted by atomic mass is 10.1. The van der Waals surface area contributed by atoms with E-state index in [1.807, 2.05) is 13.0 Å². The summed E-state index contributed by atoms with van der Waals surface area (Å²) in [6.07, 6.45) is 2.70. The van der Waals surface area contributed by atoms with E-state index < -0.39 is 16.0 Å². The molecule has 1 fully saturated rings. The standard InChI is InChI=1S/C21H22N2O4S/c1-16-6-2-3-11-23(16)28(25,26)20-10-5-9-19(13-20)21(24)27-15-18-8-4-7-17(12-18)14-22/h4-5,7-10,12-13,16H,2-3,6,11,15H2,1H3/t16-/m0/s1. The topological polar surface area (TPSA) is 87.5 Å². The van der Waals surface area contributed by atoms with Gasteiger partial charge in [-0.05, 0) is 55.7 Å². The highest BCUT2D eigenvalue weighted by atomic mass is 32.2. The number of piperidine rings is 1. The van der Waals surface area contributed by atoms with Gasteiger partial charge in [-0.1, -0.05) is 24.6 Å². The second kappa shape index (κ2) is 8.55. The quantitative estimate of drug-likeness (QED) is 0.720. The van der Waals surface area contributed by atoms with Crippen LogP contribution >= 0.6 is 0 Å². The second-order valence-corrected chi connectivity index (χ2v) is 8.77. The van der Waals surface area contributed by atoms with Crippen molar-refractivity contribution >= 4 is 16.0 Å². The van der Waals surface area contributed by atoms with Crippen molar-refractivity contribution in [3.8, 4) is 6.07 Å². The Morgan fingerprint density at radius 2 is 2.00 bits per heavy atom. The number of nitrogens with zero attached hydrogens (tertiary/aromatic N) is 2. The van der Waals surface area contributed by atoms with Crippen LogP contribution in [0.1, 0.15) is 47.7 Å². The summed E-state index contributed by atoms with van der Waals surface area (Å²) < 4.78 is 32.7. The van der Waals surface area contributed by atoms with Gasteiger partial charge < -0.3 is 4.74 Å². The Morgan fingerprint density at radius 3 is 2.75 bits per heavy atom. The zero-order valence-electron chi connectivity index (χ0n) is 15.7. The summed E-state index contributed by atoms with van der Waals surface area (Å²) in [5.41, 5.74) is 1.36. The van der Waals surface area contributed by atoms with Gasteiger partial charge in [0.2, 0.25) is 10.0 Å². The first-order valence-corrected chi connectivity index (χ1v) is 10.6. The summed E-state index contributed by atoms with van der Waals surface area (Å²) >= 11 is 0. The van der Waals surface area contributed by atoms with Gasteiger partial charge in [0.05, 0.1) is 22.1 Å². The third kappa shape index (κ3) is 4.41. The smallest absolute Gasteiger partial charge is 0.338 e. The molecular formula is C21H22N2O4S. The van der Waals surface area contributed by atoms with Crippen LogP contribution in [0.2, 0.25) is 0 Å². The number of nitriles is 1. The molecule has 146 valence electrons. The molecule has 0 amide bonds. The van der Waals surface area contributed by atoms with E-state index in [0.29, 0.717) is 17.7 Å². The third-order valence-electron chi connectivity index (χ3n) is 4.84. The van der Waals surface area contributed by atoms with E-state index in [-0.39, 0.29) is 23.1 Å². The molecule has 1 saturated heterocycles. The fourth-order valence-electron chi connectivity index (χ4n) is 3.31. The molecule has 0 bridgehead atoms. The fourth-order valence-corrected chi connectivity index (χ4v) is 5.06. The zero-order valence-corrected chi connectivity index (χ0v) is 16.5. The molecule has 1 aliphatic rings. The number of carbonyl (C=O) groups is 1. The molecule has 2 aromatic rings. The Kier molecular flexibility index (Phi) is 6.12. The molecule has 28 heavy (non-hydrogen) atoms. The minimum absolute atomic E-state index is 0.00842. The maximum Gasteiger partial charge on any atom is 0.338 e. The first-order chi connectivity index (χ1) is 13.4. The van der Waals surface area contributed by atoms with Gasteiger partial charge >= 0.3 is 5.97 Å². The number of esters is 1. The minimum atomic E-state index is -3.65. The number of carbonyl (C=O) groups excluding carboxylic acids is 1. The summed E-state index contributed by atoms with van der Waals surface area (Å²) in [6, 6.07) is 14.7. The van der Waals surface area contributed by atoms with E-state index in [2.05, 4.69) is 0 Å². The average molecular weight is 398 g/mol. The minimum Gasteiger partial charge on any atom is -0.457 e. The van der Waals surface area contributed by atoms with E-state index in [1.54, 1.807) is 30.3 Å². The van der Waals surface area contributed by atoms with Crippen molar-refractivity contribution in [1.29, 1.82) is 5.26 Å². The predicted molar refractivity (Wildman–Crippen MR) is 104 cm³/mol. The van der Waals surface area contributed by atoms with Gasteiger partial charge in [-0.15, -0.1) is 0 Å². The lowest BCUT2D eigenvalue weighted by molar-refractivity contribution is 0.0472. The number of hydrogen-bond acceptors (Lipinski definition) is 5. The molecular weight excluding hydrogens is 376 g/mol. The number of benzene rings is 2. The zero-order chi connectivity index (χ0) is 20.1. The summed E-state index contributed by atoms with van der Waals surface area (Å²) in [6.45, 7) is 2.41. The van der Waals surface area contributed by atoms with Crippen molar-refractivity contribution in [3.05, 3.63) is 65.2 Å². The van der Waals surface area contributed by atoms with E-state index in [1.165, 1.54) is 22.5 Å². The number of rotatable bonds is 5. The van der Waals surface area contributed by atoms with Crippen molar-refractivity contribution in [1.82, 2.24) is 4.31 Å². The maximum absolute atomic E-state index is 13.0. The van der Waals surface area contributed by atoms with E-state index >= 15 is 0 Å². The summed E-state index contributed by atoms with van der Waals surface area (Å²) in [4.78, 5) is 12.5. The molecule has 0 aromatic heterocycles. The van der Waals surface area contributed by atoms with Gasteiger partial charge in [0, 0.05) is 12.6 Å². The van der Waals surface area contributed by atoms with Crippen molar-refractivity contribution in [2.75, 3.05) is 6.54 Å². The SMILES string of the molecule is C[C@H]1CCCCN1S(=O)(=O)c1cccc(C(=O)OCc2cccc(C#N)c2)c1. The molecule has 1 aliphatic heterocycles. The predicted octanol–water partition coefficient (Wildman–Crippen LogP) is 3.48. The summed E-state index contributed by atoms with van der Waals surface area (Å²) in [5.74, 6) is -0.605. The first kappa shape index (κ1) is 20.1. The molecule has 0 unspecified atom stereocenters. The molecule has 0 radical (unpaired) electrons. The van der Waals surface area contributed by atoms with Crippen molar-refractivity contribution < 1.29 is 17.9 Å². The van der Waals surface area contributed by atoms with Crippen molar-refractivity contribution in [3.63, 3.8) is 0 Å². The average Bonchev–Trinajstić information content (AvgIpc) is 2.72. The number of ether oxygens (including phenoxy) is 1. The molecule has 2 aromatic carbocycles. The Balaban J connectivity index is 1.75. The van der Waals surface area contributed by atoms with Crippen LogP contribution < -0.4 is 0 Å². The van der Waals surface area contributed by atoms with Gasteiger partial charge in [-0.25, -0.2) is 13.2 Å². The van der Waals surface area contributed by atoms with Crippen LogP contribution in [-0.4, -0.2) is 31.3 Å². The van der Waals surface area contributed by atoms with Gasteiger partial charge in [-0.3, -0.25) is 0 Å². The highest BCUT2D eigenvalue weighted by Crippen LogP contribution is 2.25. The van der Waals surface area contributed by atoms with Crippen LogP contribution in [0.5, 0.6) is 0 Å². The van der Waals surface area contributed by atoms with E-state index in [9.17, 15) is 13.2 Å². The Morgan fingerprint density at radius 1 is 1.21 bits per heavy atom. The second-order valence-electron chi connectivity index (χ2n) is 6.88. The molecule has 0 aliphatic carbocycles. The normalized spacial score (nSPS) is 17.6. The van der Waals surface area contributed by atoms with Crippen LogP contribution in [0, 0.1) is 11.3 Å². The Bertz CT molecular complexity index is 1010. The largest absolute Gasteiger partial charge is 0.457 e. The molecule has 0 spiro atoms. The number of hydrogen-bond donors (Lipinski definition) is 0. The lowest BCUT2D eigenvalue weighted by Crippen LogP contribution is -2.41. The van der Waals surface area contributed by atoms with Crippen molar-refractivity contribution in [2.45, 2.75) is 43.7 Å². The van der Waals surface area contributed by atoms with E-state index in [4.69, 9.17) is 10.00 Å². The van der Waals surface area contributed by atoms with Crippen LogP contribution in [0.25, 0.3) is 0 Å². The van der Waals surface area contributed by atoms with Gasteiger partial charge in [0.15, 0.2) is 0 Å². The Hall–Kier alpha value is -2.69. The third-order valence-corrected chi connectivity index (χ3v) is 6.85. The van der Waals surface area contributed by atoms with Gasteiger partial charge in [0.1, 0.15) is 6.61 Å². The van der Waals surface area contributed by atoms with E-state index in [0.717, 1.165) is 19.3 Å². The van der Waals surface area contributed by atoms with Crippen molar-refractivity contribution in [2.24, 2.45) is 0 Å². The maximum atomic E-state index is 13.0. The Labute approximate surface area is 165 Å². The monoisotopic (exact) mass is 398 g/mol. The molecule has 3 rings (SSSR count). The van der Waals surface area contributed by atoms with Gasteiger partial charge in [0.25, 0.3) is 0 Å². The molecule has 1 heterocycles. The highest BCUT2D eigenvalue weighted by Gasteiger charge is 2.31. The fraction of sp³-hybridized carbons (Fsp3) is 0.333. The van der Waals surface area contributed by atoms with Crippen LogP contribution in [-0.2, 0) is 21.4 Å². The molecule has 0 saturated carbocycles. The summed E-state index contributed by atoms with van der Waals surface area (Å²) in [5, 5.41) is 8.93.